The minimum Gasteiger partial charge on any atom is -0.356 e. The van der Waals surface area contributed by atoms with Crippen molar-refractivity contribution in [3.8, 4) is 0 Å². The molecule has 1 aromatic carbocycles. The number of aryl methyl sites for hydroxylation is 1. The molecular formula is C19H27N3O3S. The minimum absolute atomic E-state index is 0.0518. The van der Waals surface area contributed by atoms with Gasteiger partial charge in [-0.1, -0.05) is 18.2 Å². The molecule has 6 nitrogen and oxygen atoms in total. The number of carbonyl (C=O) groups is 1. The number of aromatic nitrogens is 1. The number of fused-ring (bicyclic) bond motifs is 1. The molecule has 3 rings (SSSR count). The van der Waals surface area contributed by atoms with E-state index in [-0.39, 0.29) is 17.6 Å². The third-order valence-corrected chi connectivity index (χ3v) is 7.02. The first-order valence-electron chi connectivity index (χ1n) is 9.30. The Morgan fingerprint density at radius 3 is 2.65 bits per heavy atom. The topological polar surface area (TPSA) is 71.4 Å². The normalized spacial score (nSPS) is 16.8. The lowest BCUT2D eigenvalue weighted by Gasteiger charge is -2.30. The molecule has 2 aromatic rings. The number of nitrogens with one attached hydrogen (secondary N) is 1. The molecule has 0 radical (unpaired) electrons. The first-order chi connectivity index (χ1) is 12.5. The number of hydrogen-bond donors (Lipinski definition) is 1. The van der Waals surface area contributed by atoms with Crippen LogP contribution in [0.2, 0.25) is 0 Å². The van der Waals surface area contributed by atoms with Gasteiger partial charge in [0.05, 0.1) is 5.75 Å². The third kappa shape index (κ3) is 4.27. The van der Waals surface area contributed by atoms with E-state index in [0.717, 1.165) is 13.0 Å². The van der Waals surface area contributed by atoms with Crippen LogP contribution in [0.3, 0.4) is 0 Å². The molecule has 1 aromatic heterocycles. The molecule has 0 bridgehead atoms. The number of para-hydroxylation sites is 1. The van der Waals surface area contributed by atoms with Crippen molar-refractivity contribution in [3.05, 3.63) is 36.5 Å². The summed E-state index contributed by atoms with van der Waals surface area (Å²) in [5.41, 5.74) is 1.21. The van der Waals surface area contributed by atoms with E-state index in [9.17, 15) is 13.2 Å². The van der Waals surface area contributed by atoms with Gasteiger partial charge in [-0.15, -0.1) is 0 Å². The van der Waals surface area contributed by atoms with Gasteiger partial charge in [0.25, 0.3) is 0 Å². The average Bonchev–Trinajstić information content (AvgIpc) is 3.08. The number of amides is 1. The Labute approximate surface area is 155 Å². The van der Waals surface area contributed by atoms with Crippen molar-refractivity contribution in [1.29, 1.82) is 0 Å². The van der Waals surface area contributed by atoms with Gasteiger partial charge >= 0.3 is 0 Å². The smallest absolute Gasteiger partial charge is 0.223 e. The van der Waals surface area contributed by atoms with E-state index in [4.69, 9.17) is 0 Å². The molecule has 1 amide bonds. The predicted octanol–water partition coefficient (Wildman–Crippen LogP) is 2.21. The van der Waals surface area contributed by atoms with Gasteiger partial charge in [-0.05, 0) is 43.7 Å². The van der Waals surface area contributed by atoms with Gasteiger partial charge in [-0.25, -0.2) is 12.7 Å². The van der Waals surface area contributed by atoms with Crippen LogP contribution in [0.15, 0.2) is 36.5 Å². The Morgan fingerprint density at radius 1 is 1.19 bits per heavy atom. The Morgan fingerprint density at radius 2 is 1.92 bits per heavy atom. The molecular weight excluding hydrogens is 350 g/mol. The van der Waals surface area contributed by atoms with Crippen molar-refractivity contribution >= 4 is 26.8 Å². The molecule has 1 N–H and O–H groups in total. The molecule has 0 saturated carbocycles. The average molecular weight is 378 g/mol. The fourth-order valence-electron chi connectivity index (χ4n) is 3.52. The zero-order valence-electron chi connectivity index (χ0n) is 15.2. The summed E-state index contributed by atoms with van der Waals surface area (Å²) in [4.78, 5) is 12.3. The fourth-order valence-corrected chi connectivity index (χ4v) is 4.65. The summed E-state index contributed by atoms with van der Waals surface area (Å²) in [5, 5.41) is 4.24. The molecule has 0 aliphatic carbocycles. The molecule has 7 heteroatoms. The maximum atomic E-state index is 12.3. The molecule has 0 atom stereocenters. The lowest BCUT2D eigenvalue weighted by atomic mass is 9.97. The number of sulfonamides is 1. The minimum atomic E-state index is -3.14. The highest BCUT2D eigenvalue weighted by Crippen LogP contribution is 2.20. The maximum absolute atomic E-state index is 12.3. The van der Waals surface area contributed by atoms with Crippen LogP contribution >= 0.6 is 0 Å². The summed E-state index contributed by atoms with van der Waals surface area (Å²) < 4.78 is 27.5. The Balaban J connectivity index is 1.41. The molecule has 26 heavy (non-hydrogen) atoms. The number of nitrogens with zero attached hydrogens (tertiary/aromatic N) is 2. The van der Waals surface area contributed by atoms with Crippen LogP contribution in [0, 0.1) is 5.92 Å². The molecule has 2 heterocycles. The van der Waals surface area contributed by atoms with Crippen LogP contribution in [0.25, 0.3) is 10.9 Å². The van der Waals surface area contributed by atoms with E-state index in [1.54, 1.807) is 6.92 Å². The van der Waals surface area contributed by atoms with Gasteiger partial charge in [-0.3, -0.25) is 4.79 Å². The molecule has 1 aliphatic rings. The SMILES string of the molecule is CCS(=O)(=O)N1CCC(C(=O)NCCCn2ccc3ccccc32)CC1. The number of piperidine rings is 1. The van der Waals surface area contributed by atoms with E-state index in [1.165, 1.54) is 15.2 Å². The Hall–Kier alpha value is -1.86. The summed E-state index contributed by atoms with van der Waals surface area (Å²) >= 11 is 0. The standard InChI is InChI=1S/C19H27N3O3S/c1-2-26(24,25)22-14-9-17(10-15-22)19(23)20-11-5-12-21-13-8-16-6-3-4-7-18(16)21/h3-4,6-8,13,17H,2,5,9-12,14-15H2,1H3,(H,20,23). The highest BCUT2D eigenvalue weighted by atomic mass is 32.2. The number of hydrogen-bond acceptors (Lipinski definition) is 3. The van der Waals surface area contributed by atoms with Gasteiger partial charge in [-0.2, -0.15) is 0 Å². The van der Waals surface area contributed by atoms with Gasteiger partial charge in [0.15, 0.2) is 0 Å². The highest BCUT2D eigenvalue weighted by molar-refractivity contribution is 7.89. The summed E-state index contributed by atoms with van der Waals surface area (Å²) in [5.74, 6) is 0.0967. The zero-order valence-corrected chi connectivity index (χ0v) is 16.0. The van der Waals surface area contributed by atoms with Gasteiger partial charge < -0.3 is 9.88 Å². The van der Waals surface area contributed by atoms with E-state index in [1.807, 2.05) is 12.1 Å². The van der Waals surface area contributed by atoms with Crippen LogP contribution in [0.4, 0.5) is 0 Å². The largest absolute Gasteiger partial charge is 0.356 e. The molecule has 1 aliphatic heterocycles. The second-order valence-corrected chi connectivity index (χ2v) is 9.04. The number of carbonyl (C=O) groups excluding carboxylic acids is 1. The molecule has 142 valence electrons. The van der Waals surface area contributed by atoms with E-state index >= 15 is 0 Å². The van der Waals surface area contributed by atoms with Crippen LogP contribution in [0.1, 0.15) is 26.2 Å². The fraction of sp³-hybridized carbons (Fsp3) is 0.526. The predicted molar refractivity (Wildman–Crippen MR) is 103 cm³/mol. The molecule has 1 saturated heterocycles. The summed E-state index contributed by atoms with van der Waals surface area (Å²) in [6, 6.07) is 10.4. The molecule has 0 unspecified atom stereocenters. The Bertz CT molecular complexity index is 852. The van der Waals surface area contributed by atoms with Crippen LogP contribution in [0.5, 0.6) is 0 Å². The first-order valence-corrected chi connectivity index (χ1v) is 10.9. The Kier molecular flexibility index (Phi) is 5.98. The second-order valence-electron chi connectivity index (χ2n) is 6.79. The summed E-state index contributed by atoms with van der Waals surface area (Å²) in [6.07, 6.45) is 4.16. The van der Waals surface area contributed by atoms with Gasteiger partial charge in [0, 0.05) is 43.8 Å². The third-order valence-electron chi connectivity index (χ3n) is 5.14. The monoisotopic (exact) mass is 377 g/mol. The van der Waals surface area contributed by atoms with E-state index in [0.29, 0.717) is 32.5 Å². The first kappa shape index (κ1) is 18.9. The quantitative estimate of drug-likeness (QED) is 0.752. The molecule has 0 spiro atoms. The summed E-state index contributed by atoms with van der Waals surface area (Å²) in [7, 11) is -3.14. The number of benzene rings is 1. The zero-order chi connectivity index (χ0) is 18.6. The van der Waals surface area contributed by atoms with E-state index < -0.39 is 10.0 Å². The number of rotatable bonds is 7. The molecule has 1 fully saturated rings. The van der Waals surface area contributed by atoms with Crippen molar-refractivity contribution in [1.82, 2.24) is 14.2 Å². The van der Waals surface area contributed by atoms with Crippen molar-refractivity contribution in [2.75, 3.05) is 25.4 Å². The van der Waals surface area contributed by atoms with Crippen molar-refractivity contribution in [3.63, 3.8) is 0 Å². The van der Waals surface area contributed by atoms with Crippen molar-refractivity contribution < 1.29 is 13.2 Å². The second kappa shape index (κ2) is 8.22. The van der Waals surface area contributed by atoms with Gasteiger partial charge in [0.1, 0.15) is 0 Å². The lowest BCUT2D eigenvalue weighted by Crippen LogP contribution is -2.43. The summed E-state index contributed by atoms with van der Waals surface area (Å²) in [6.45, 7) is 4.05. The van der Waals surface area contributed by atoms with Crippen molar-refractivity contribution in [2.45, 2.75) is 32.7 Å². The lowest BCUT2D eigenvalue weighted by molar-refractivity contribution is -0.126. The van der Waals surface area contributed by atoms with E-state index in [2.05, 4.69) is 34.3 Å². The van der Waals surface area contributed by atoms with Crippen LogP contribution in [-0.2, 0) is 21.4 Å². The van der Waals surface area contributed by atoms with Crippen molar-refractivity contribution in [2.24, 2.45) is 5.92 Å². The van der Waals surface area contributed by atoms with Gasteiger partial charge in [0.2, 0.25) is 15.9 Å². The van der Waals surface area contributed by atoms with Crippen LogP contribution in [-0.4, -0.2) is 48.6 Å². The van der Waals surface area contributed by atoms with Crippen LogP contribution < -0.4 is 5.32 Å². The highest BCUT2D eigenvalue weighted by Gasteiger charge is 2.29. The maximum Gasteiger partial charge on any atom is 0.223 e.